The summed E-state index contributed by atoms with van der Waals surface area (Å²) in [4.78, 5) is 18.8. The van der Waals surface area contributed by atoms with Crippen molar-refractivity contribution in [3.05, 3.63) is 22.4 Å². The summed E-state index contributed by atoms with van der Waals surface area (Å²) in [5.41, 5.74) is 1.66. The molecule has 0 aromatic rings. The van der Waals surface area contributed by atoms with E-state index in [4.69, 9.17) is 0 Å². The SMILES string of the molecule is O=CC=CN[N+](=O)[O-]. The minimum atomic E-state index is -0.764. The molecule has 0 saturated heterocycles. The summed E-state index contributed by atoms with van der Waals surface area (Å²) >= 11 is 0. The van der Waals surface area contributed by atoms with Crippen molar-refractivity contribution in [2.45, 2.75) is 0 Å². The topological polar surface area (TPSA) is 72.2 Å². The first-order valence-electron chi connectivity index (χ1n) is 1.78. The zero-order valence-corrected chi connectivity index (χ0v) is 3.90. The third-order valence-corrected chi connectivity index (χ3v) is 0.355. The largest absolute Gasteiger partial charge is 0.299 e. The maximum absolute atomic E-state index is 9.44. The summed E-state index contributed by atoms with van der Waals surface area (Å²) in [6.45, 7) is 0. The number of rotatable bonds is 3. The molecule has 5 nitrogen and oxygen atoms in total. The number of nitro groups is 1. The molecule has 0 atom stereocenters. The quantitative estimate of drug-likeness (QED) is 0.233. The molecule has 0 aliphatic carbocycles. The van der Waals surface area contributed by atoms with E-state index in [0.29, 0.717) is 6.29 Å². The summed E-state index contributed by atoms with van der Waals surface area (Å²) in [6, 6.07) is 0. The molecular weight excluding hydrogens is 112 g/mol. The molecule has 0 fully saturated rings. The molecule has 0 unspecified atom stereocenters. The van der Waals surface area contributed by atoms with Gasteiger partial charge in [-0.1, -0.05) is 0 Å². The maximum atomic E-state index is 9.44. The second-order valence-corrected chi connectivity index (χ2v) is 0.881. The summed E-state index contributed by atoms with van der Waals surface area (Å²) in [6.07, 6.45) is 2.37. The lowest BCUT2D eigenvalue weighted by Gasteiger charge is -1.80. The Morgan fingerprint density at radius 2 is 2.25 bits per heavy atom. The van der Waals surface area contributed by atoms with Gasteiger partial charge in [0.1, 0.15) is 6.29 Å². The lowest BCUT2D eigenvalue weighted by molar-refractivity contribution is -0.532. The van der Waals surface area contributed by atoms with E-state index in [1.54, 1.807) is 5.43 Å². The van der Waals surface area contributed by atoms with E-state index in [1.165, 1.54) is 0 Å². The van der Waals surface area contributed by atoms with Crippen LogP contribution in [0.1, 0.15) is 0 Å². The first kappa shape index (κ1) is 6.61. The second-order valence-electron chi connectivity index (χ2n) is 0.881. The van der Waals surface area contributed by atoms with Gasteiger partial charge in [0.2, 0.25) is 0 Å². The molecule has 5 heteroatoms. The fraction of sp³-hybridized carbons (Fsp3) is 0. The number of hydrazine groups is 1. The Bertz CT molecular complexity index is 120. The number of carbonyl (C=O) groups excluding carboxylic acids is 1. The van der Waals surface area contributed by atoms with Crippen LogP contribution in [-0.2, 0) is 4.79 Å². The number of nitrogens with zero attached hydrogens (tertiary/aromatic N) is 1. The monoisotopic (exact) mass is 116 g/mol. The molecule has 1 N–H and O–H groups in total. The van der Waals surface area contributed by atoms with Gasteiger partial charge in [-0.2, -0.15) is 0 Å². The van der Waals surface area contributed by atoms with Crippen molar-refractivity contribution < 1.29 is 9.83 Å². The van der Waals surface area contributed by atoms with Gasteiger partial charge in [-0.05, 0) is 6.08 Å². The highest BCUT2D eigenvalue weighted by Gasteiger charge is 1.80. The summed E-state index contributed by atoms with van der Waals surface area (Å²) in [7, 11) is 0. The summed E-state index contributed by atoms with van der Waals surface area (Å²) < 4.78 is 0. The molecule has 0 amide bonds. The van der Waals surface area contributed by atoms with E-state index < -0.39 is 5.03 Å². The van der Waals surface area contributed by atoms with Crippen molar-refractivity contribution in [2.24, 2.45) is 0 Å². The van der Waals surface area contributed by atoms with Crippen molar-refractivity contribution >= 4 is 6.29 Å². The molecule has 0 rings (SSSR count). The molecule has 0 radical (unpaired) electrons. The van der Waals surface area contributed by atoms with Crippen LogP contribution in [0.5, 0.6) is 0 Å². The van der Waals surface area contributed by atoms with Crippen LogP contribution < -0.4 is 5.43 Å². The number of nitrogens with one attached hydrogen (secondary N) is 1. The fourth-order valence-corrected chi connectivity index (χ4v) is 0.143. The lowest BCUT2D eigenvalue weighted by Crippen LogP contribution is -2.13. The molecule has 0 saturated carbocycles. The highest BCUT2D eigenvalue weighted by atomic mass is 16.7. The number of aldehydes is 1. The zero-order chi connectivity index (χ0) is 6.41. The number of hydrogen-bond donors (Lipinski definition) is 1. The average molecular weight is 116 g/mol. The molecule has 0 spiro atoms. The molecule has 0 aromatic carbocycles. The number of allylic oxidation sites excluding steroid dienone is 1. The van der Waals surface area contributed by atoms with Crippen molar-refractivity contribution in [3.63, 3.8) is 0 Å². The van der Waals surface area contributed by atoms with Crippen LogP contribution in [0.25, 0.3) is 0 Å². The van der Waals surface area contributed by atoms with E-state index in [0.717, 1.165) is 12.3 Å². The second kappa shape index (κ2) is 3.79. The van der Waals surface area contributed by atoms with Gasteiger partial charge in [0, 0.05) is 0 Å². The van der Waals surface area contributed by atoms with Gasteiger partial charge in [-0.3, -0.25) is 4.79 Å². The first-order chi connectivity index (χ1) is 3.77. The van der Waals surface area contributed by atoms with E-state index >= 15 is 0 Å². The molecule has 0 aliphatic rings. The van der Waals surface area contributed by atoms with Crippen molar-refractivity contribution in [2.75, 3.05) is 0 Å². The molecular formula is C3H4N2O3. The maximum Gasteiger partial charge on any atom is 0.161 e. The van der Waals surface area contributed by atoms with Crippen LogP contribution >= 0.6 is 0 Å². The fourth-order valence-electron chi connectivity index (χ4n) is 0.143. The Kier molecular flexibility index (Phi) is 3.13. The Morgan fingerprint density at radius 1 is 1.62 bits per heavy atom. The first-order valence-corrected chi connectivity index (χ1v) is 1.78. The van der Waals surface area contributed by atoms with Gasteiger partial charge in [-0.15, -0.1) is 5.43 Å². The minimum absolute atomic E-state index is 0.441. The predicted octanol–water partition coefficient (Wildman–Crippen LogP) is -0.520. The van der Waals surface area contributed by atoms with E-state index in [9.17, 15) is 14.9 Å². The zero-order valence-electron chi connectivity index (χ0n) is 3.90. The molecule has 8 heavy (non-hydrogen) atoms. The van der Waals surface area contributed by atoms with Gasteiger partial charge in [0.05, 0.1) is 6.20 Å². The van der Waals surface area contributed by atoms with E-state index in [2.05, 4.69) is 0 Å². The van der Waals surface area contributed by atoms with E-state index in [-0.39, 0.29) is 0 Å². The Hall–Kier alpha value is -1.39. The molecule has 0 bridgehead atoms. The Morgan fingerprint density at radius 3 is 2.62 bits per heavy atom. The number of hydrogen-bond acceptors (Lipinski definition) is 3. The van der Waals surface area contributed by atoms with E-state index in [1.807, 2.05) is 0 Å². The predicted molar refractivity (Wildman–Crippen MR) is 25.3 cm³/mol. The molecule has 0 aliphatic heterocycles. The van der Waals surface area contributed by atoms with Gasteiger partial charge in [0.15, 0.2) is 5.03 Å². The molecule has 0 aromatic heterocycles. The molecule has 0 heterocycles. The third kappa shape index (κ3) is 4.61. The van der Waals surface area contributed by atoms with Gasteiger partial charge < -0.3 is 0 Å². The van der Waals surface area contributed by atoms with Crippen LogP contribution in [0.2, 0.25) is 0 Å². The van der Waals surface area contributed by atoms with Gasteiger partial charge in [0.25, 0.3) is 0 Å². The Labute approximate surface area is 45.1 Å². The standard InChI is InChI=1S/C3H4N2O3/c6-3-1-2-4-5(7)8/h1-4H. The van der Waals surface area contributed by atoms with Crippen molar-refractivity contribution in [1.82, 2.24) is 5.43 Å². The minimum Gasteiger partial charge on any atom is -0.299 e. The summed E-state index contributed by atoms with van der Waals surface area (Å²) in [5.74, 6) is 0. The van der Waals surface area contributed by atoms with Gasteiger partial charge in [-0.25, -0.2) is 10.1 Å². The van der Waals surface area contributed by atoms with Crippen LogP contribution in [0.4, 0.5) is 0 Å². The van der Waals surface area contributed by atoms with Crippen molar-refractivity contribution in [3.8, 4) is 0 Å². The highest BCUT2D eigenvalue weighted by Crippen LogP contribution is 1.59. The summed E-state index contributed by atoms with van der Waals surface area (Å²) in [5, 5.41) is 8.64. The van der Waals surface area contributed by atoms with Crippen LogP contribution in [-0.4, -0.2) is 11.3 Å². The average Bonchev–Trinajstić information content (AvgIpc) is 1.66. The van der Waals surface area contributed by atoms with Crippen LogP contribution in [0.3, 0.4) is 0 Å². The molecule has 44 valence electrons. The van der Waals surface area contributed by atoms with Gasteiger partial charge >= 0.3 is 0 Å². The highest BCUT2D eigenvalue weighted by molar-refractivity contribution is 5.64. The Balaban J connectivity index is 3.29. The smallest absolute Gasteiger partial charge is 0.161 e. The van der Waals surface area contributed by atoms with Crippen molar-refractivity contribution in [1.29, 1.82) is 0 Å². The van der Waals surface area contributed by atoms with Crippen LogP contribution in [0.15, 0.2) is 12.3 Å². The number of carbonyl (C=O) groups is 1. The lowest BCUT2D eigenvalue weighted by atomic mass is 10.7. The normalized spacial score (nSPS) is 9.00. The third-order valence-electron chi connectivity index (χ3n) is 0.355. The van der Waals surface area contributed by atoms with Crippen LogP contribution in [0, 0.1) is 10.1 Å².